The molecule has 33 heavy (non-hydrogen) atoms. The number of nitrogens with one attached hydrogen (secondary N) is 1. The number of carbonyl (C=O) groups excluding carboxylic acids is 2. The number of ether oxygens (including phenoxy) is 1. The summed E-state index contributed by atoms with van der Waals surface area (Å²) in [6.45, 7) is 4.88. The van der Waals surface area contributed by atoms with Crippen LogP contribution in [0.4, 0.5) is 4.79 Å². The van der Waals surface area contributed by atoms with E-state index < -0.39 is 12.1 Å². The molecule has 1 fully saturated rings. The Morgan fingerprint density at radius 2 is 2.03 bits per heavy atom. The molecule has 1 heterocycles. The fraction of sp³-hybridized carbons (Fsp3) is 0.423. The minimum atomic E-state index is -0.511. The summed E-state index contributed by atoms with van der Waals surface area (Å²) in [7, 11) is 0. The molecule has 3 atom stereocenters. The lowest BCUT2D eigenvalue weighted by atomic mass is 9.85. The van der Waals surface area contributed by atoms with Crippen molar-refractivity contribution < 1.29 is 14.3 Å². The third-order valence-corrected chi connectivity index (χ3v) is 6.32. The van der Waals surface area contributed by atoms with Crippen molar-refractivity contribution in [1.82, 2.24) is 10.2 Å². The van der Waals surface area contributed by atoms with Gasteiger partial charge in [0.25, 0.3) is 0 Å². The van der Waals surface area contributed by atoms with Crippen LogP contribution in [0.25, 0.3) is 0 Å². The predicted molar refractivity (Wildman–Crippen MR) is 128 cm³/mol. The maximum Gasteiger partial charge on any atom is 0.410 e. The zero-order valence-electron chi connectivity index (χ0n) is 19.1. The normalized spacial score (nSPS) is 16.8. The van der Waals surface area contributed by atoms with E-state index in [0.717, 1.165) is 24.0 Å². The van der Waals surface area contributed by atoms with E-state index in [1.807, 2.05) is 56.3 Å². The molecule has 0 aliphatic carbocycles. The number of hydrogen-bond donors (Lipinski definition) is 1. The second-order valence-corrected chi connectivity index (χ2v) is 8.87. The van der Waals surface area contributed by atoms with Crippen molar-refractivity contribution in [3.05, 3.63) is 70.2 Å². The van der Waals surface area contributed by atoms with Crippen LogP contribution in [0.1, 0.15) is 55.7 Å². The molecular formula is C26H30ClN3O3. The molecule has 2 amide bonds. The van der Waals surface area contributed by atoms with Gasteiger partial charge in [-0.2, -0.15) is 5.26 Å². The first-order valence-electron chi connectivity index (χ1n) is 11.4. The van der Waals surface area contributed by atoms with Crippen LogP contribution in [0.15, 0.2) is 48.5 Å². The summed E-state index contributed by atoms with van der Waals surface area (Å²) in [5.74, 6) is -0.243. The first kappa shape index (κ1) is 24.6. The smallest absolute Gasteiger partial charge is 0.410 e. The molecule has 2 aromatic carbocycles. The number of hydrogen-bond acceptors (Lipinski definition) is 4. The third-order valence-electron chi connectivity index (χ3n) is 6.07. The molecule has 0 saturated carbocycles. The highest BCUT2D eigenvalue weighted by Crippen LogP contribution is 2.27. The van der Waals surface area contributed by atoms with E-state index in [1.54, 1.807) is 6.07 Å². The van der Waals surface area contributed by atoms with Crippen molar-refractivity contribution in [2.75, 3.05) is 13.2 Å². The lowest BCUT2D eigenvalue weighted by Gasteiger charge is -2.39. The second kappa shape index (κ2) is 11.7. The van der Waals surface area contributed by atoms with Crippen molar-refractivity contribution in [3.63, 3.8) is 0 Å². The number of amides is 2. The second-order valence-electron chi connectivity index (χ2n) is 8.44. The molecular weight excluding hydrogens is 438 g/mol. The van der Waals surface area contributed by atoms with Crippen molar-refractivity contribution in [2.24, 2.45) is 0 Å². The molecule has 1 unspecified atom stereocenters. The average molecular weight is 468 g/mol. The molecule has 0 radical (unpaired) electrons. The van der Waals surface area contributed by atoms with Gasteiger partial charge in [0.05, 0.1) is 18.2 Å². The van der Waals surface area contributed by atoms with Gasteiger partial charge >= 0.3 is 6.09 Å². The summed E-state index contributed by atoms with van der Waals surface area (Å²) >= 11 is 6.04. The Kier molecular flexibility index (Phi) is 8.73. The van der Waals surface area contributed by atoms with Crippen LogP contribution in [0, 0.1) is 11.3 Å². The minimum Gasteiger partial charge on any atom is -0.449 e. The maximum absolute atomic E-state index is 13.0. The summed E-state index contributed by atoms with van der Waals surface area (Å²) in [4.78, 5) is 26.8. The monoisotopic (exact) mass is 467 g/mol. The molecule has 6 nitrogen and oxygen atoms in total. The lowest BCUT2D eigenvalue weighted by Crippen LogP contribution is -2.59. The molecule has 1 aliphatic heterocycles. The number of nitrogens with zero attached hydrogens (tertiary/aromatic N) is 2. The van der Waals surface area contributed by atoms with Gasteiger partial charge in [0.15, 0.2) is 0 Å². The lowest BCUT2D eigenvalue weighted by molar-refractivity contribution is -0.130. The van der Waals surface area contributed by atoms with Crippen molar-refractivity contribution in [2.45, 2.75) is 57.5 Å². The van der Waals surface area contributed by atoms with Gasteiger partial charge in [-0.05, 0) is 61.6 Å². The van der Waals surface area contributed by atoms with Crippen LogP contribution in [-0.2, 0) is 16.0 Å². The number of likely N-dealkylation sites (tertiary alicyclic amines) is 1. The summed E-state index contributed by atoms with van der Waals surface area (Å²) in [6, 6.07) is 16.6. The molecule has 1 N–H and O–H groups in total. The molecule has 7 heteroatoms. The third kappa shape index (κ3) is 6.49. The largest absolute Gasteiger partial charge is 0.449 e. The standard InChI is InChI=1S/C26H30ClN3O3/c1-3-4-14-33-26(32)30-13-12-24(30)25(31)29-18(2)23(16-19-8-10-22(27)11-9-19)21-7-5-6-20(15-21)17-28/h5-11,15,18,23-24H,3-4,12-14,16H2,1-2H3,(H,29,31)/t18?,23-,24+/m1/s1. The first-order chi connectivity index (χ1) is 15.9. The van der Waals surface area contributed by atoms with Gasteiger partial charge in [-0.1, -0.05) is 49.2 Å². The van der Waals surface area contributed by atoms with E-state index in [2.05, 4.69) is 11.4 Å². The Hall–Kier alpha value is -3.04. The number of benzene rings is 2. The predicted octanol–water partition coefficient (Wildman–Crippen LogP) is 5.05. The Balaban J connectivity index is 1.72. The Morgan fingerprint density at radius 1 is 1.27 bits per heavy atom. The minimum absolute atomic E-state index is 0.0616. The van der Waals surface area contributed by atoms with Gasteiger partial charge in [0.2, 0.25) is 5.91 Å². The molecule has 3 rings (SSSR count). The fourth-order valence-corrected chi connectivity index (χ4v) is 4.11. The van der Waals surface area contributed by atoms with Crippen LogP contribution in [0.5, 0.6) is 0 Å². The Bertz CT molecular complexity index is 1000. The average Bonchev–Trinajstić information content (AvgIpc) is 2.78. The van der Waals surface area contributed by atoms with Crippen LogP contribution >= 0.6 is 11.6 Å². The van der Waals surface area contributed by atoms with Gasteiger partial charge in [0, 0.05) is 23.5 Å². The summed E-state index contributed by atoms with van der Waals surface area (Å²) in [6.07, 6.45) is 2.61. The van der Waals surface area contributed by atoms with Gasteiger partial charge in [-0.3, -0.25) is 9.69 Å². The Labute approximate surface area is 200 Å². The fourth-order valence-electron chi connectivity index (χ4n) is 3.98. The number of nitriles is 1. The molecule has 0 spiro atoms. The van der Waals surface area contributed by atoms with Crippen LogP contribution < -0.4 is 5.32 Å². The van der Waals surface area contributed by atoms with E-state index in [-0.39, 0.29) is 17.9 Å². The number of halogens is 1. The number of carbonyl (C=O) groups is 2. The van der Waals surface area contributed by atoms with E-state index >= 15 is 0 Å². The zero-order chi connectivity index (χ0) is 23.8. The van der Waals surface area contributed by atoms with Gasteiger partial charge in [-0.15, -0.1) is 0 Å². The van der Waals surface area contributed by atoms with E-state index in [1.165, 1.54) is 4.90 Å². The van der Waals surface area contributed by atoms with Crippen LogP contribution in [0.2, 0.25) is 5.02 Å². The molecule has 1 aliphatic rings. The van der Waals surface area contributed by atoms with Crippen molar-refractivity contribution in [1.29, 1.82) is 5.26 Å². The summed E-state index contributed by atoms with van der Waals surface area (Å²) in [5.41, 5.74) is 2.63. The highest BCUT2D eigenvalue weighted by Gasteiger charge is 2.39. The first-order valence-corrected chi connectivity index (χ1v) is 11.8. The van der Waals surface area contributed by atoms with Gasteiger partial charge in [-0.25, -0.2) is 4.79 Å². The Morgan fingerprint density at radius 3 is 2.67 bits per heavy atom. The highest BCUT2D eigenvalue weighted by atomic mass is 35.5. The van der Waals surface area contributed by atoms with Gasteiger partial charge < -0.3 is 10.1 Å². The quantitative estimate of drug-likeness (QED) is 0.523. The van der Waals surface area contributed by atoms with Crippen molar-refractivity contribution in [3.8, 4) is 6.07 Å². The van der Waals surface area contributed by atoms with E-state index in [4.69, 9.17) is 16.3 Å². The molecule has 2 aromatic rings. The molecule has 174 valence electrons. The SMILES string of the molecule is CCCCOC(=O)N1CC[C@H]1C(=O)NC(C)[C@@H](Cc1ccc(Cl)cc1)c1cccc(C#N)c1. The molecule has 0 bridgehead atoms. The summed E-state index contributed by atoms with van der Waals surface area (Å²) in [5, 5.41) is 13.1. The summed E-state index contributed by atoms with van der Waals surface area (Å²) < 4.78 is 5.27. The molecule has 1 saturated heterocycles. The highest BCUT2D eigenvalue weighted by molar-refractivity contribution is 6.30. The van der Waals surface area contributed by atoms with Crippen LogP contribution in [-0.4, -0.2) is 42.1 Å². The number of rotatable bonds is 9. The maximum atomic E-state index is 13.0. The topological polar surface area (TPSA) is 82.4 Å². The molecule has 0 aromatic heterocycles. The van der Waals surface area contributed by atoms with E-state index in [0.29, 0.717) is 36.6 Å². The van der Waals surface area contributed by atoms with Crippen LogP contribution in [0.3, 0.4) is 0 Å². The van der Waals surface area contributed by atoms with E-state index in [9.17, 15) is 14.9 Å². The van der Waals surface area contributed by atoms with Crippen molar-refractivity contribution >= 4 is 23.6 Å². The van der Waals surface area contributed by atoms with Gasteiger partial charge in [0.1, 0.15) is 6.04 Å². The number of unbranched alkanes of at least 4 members (excludes halogenated alkanes) is 1. The zero-order valence-corrected chi connectivity index (χ0v) is 19.8.